The van der Waals surface area contributed by atoms with Gasteiger partial charge in [-0.15, -0.1) is 0 Å². The van der Waals surface area contributed by atoms with Crippen LogP contribution in [0.2, 0.25) is 5.02 Å². The van der Waals surface area contributed by atoms with E-state index in [0.29, 0.717) is 10.7 Å². The number of hydrogen-bond acceptors (Lipinski definition) is 4. The molecule has 2 heterocycles. The van der Waals surface area contributed by atoms with Crippen molar-refractivity contribution in [3.63, 3.8) is 0 Å². The molecule has 0 spiro atoms. The van der Waals surface area contributed by atoms with E-state index in [4.69, 9.17) is 11.6 Å². The van der Waals surface area contributed by atoms with Crippen LogP contribution in [0.3, 0.4) is 0 Å². The molecule has 3 N–H and O–H groups in total. The van der Waals surface area contributed by atoms with Gasteiger partial charge in [0, 0.05) is 16.3 Å². The Morgan fingerprint density at radius 1 is 1.27 bits per heavy atom. The number of rotatable bonds is 4. The predicted octanol–water partition coefficient (Wildman–Crippen LogP) is 4.22. The number of carboxylic acid groups (broad SMARTS) is 1. The molecule has 0 aliphatic carbocycles. The number of carbonyl (C=O) groups is 2. The van der Waals surface area contributed by atoms with E-state index in [2.05, 4.69) is 15.7 Å². The quantitative estimate of drug-likeness (QED) is 0.580. The Balaban J connectivity index is 1.73. The molecule has 0 bridgehead atoms. The standard InChI is InChI=1S/C21H16ClFN4O3/c1-11-6-7-12(8-15(11)22)25-20(28)14-10-24-27-18(13-4-2-3-5-16(13)23)9-17(21(29)30)26-19(14)27/h2-10,18,26H,1H3,(H,25,28)(H,29,30)/t18-/m0/s1. The molecule has 1 aliphatic rings. The van der Waals surface area contributed by atoms with Crippen molar-refractivity contribution in [3.8, 4) is 0 Å². The van der Waals surface area contributed by atoms with Crippen LogP contribution in [0.25, 0.3) is 0 Å². The molecule has 1 amide bonds. The van der Waals surface area contributed by atoms with Crippen molar-refractivity contribution in [2.75, 3.05) is 10.6 Å². The molecule has 1 aliphatic heterocycles. The Morgan fingerprint density at radius 2 is 2.03 bits per heavy atom. The molecule has 1 aromatic heterocycles. The smallest absolute Gasteiger partial charge is 0.352 e. The highest BCUT2D eigenvalue weighted by atomic mass is 35.5. The molecule has 3 aromatic rings. The second-order valence-corrected chi connectivity index (χ2v) is 7.15. The fourth-order valence-electron chi connectivity index (χ4n) is 3.19. The maximum atomic E-state index is 14.4. The number of aryl methyl sites for hydroxylation is 1. The molecule has 0 unspecified atom stereocenters. The molecule has 0 fully saturated rings. The van der Waals surface area contributed by atoms with Gasteiger partial charge < -0.3 is 15.7 Å². The first-order chi connectivity index (χ1) is 14.3. The third kappa shape index (κ3) is 3.53. The van der Waals surface area contributed by atoms with Crippen molar-refractivity contribution in [2.45, 2.75) is 13.0 Å². The lowest BCUT2D eigenvalue weighted by atomic mass is 10.0. The minimum atomic E-state index is -1.24. The molecule has 4 rings (SSSR count). The topological polar surface area (TPSA) is 96.3 Å². The molecular weight excluding hydrogens is 411 g/mol. The summed E-state index contributed by atoms with van der Waals surface area (Å²) in [6, 6.07) is 10.3. The van der Waals surface area contributed by atoms with Gasteiger partial charge in [0.1, 0.15) is 28.9 Å². The first kappa shape index (κ1) is 19.7. The third-order valence-electron chi connectivity index (χ3n) is 4.77. The third-order valence-corrected chi connectivity index (χ3v) is 5.17. The number of carbonyl (C=O) groups excluding carboxylic acids is 1. The summed E-state index contributed by atoms with van der Waals surface area (Å²) >= 11 is 6.10. The lowest BCUT2D eigenvalue weighted by Gasteiger charge is -2.24. The van der Waals surface area contributed by atoms with Crippen LogP contribution in [0.1, 0.15) is 27.5 Å². The van der Waals surface area contributed by atoms with Crippen molar-refractivity contribution in [1.82, 2.24) is 9.78 Å². The number of benzene rings is 2. The van der Waals surface area contributed by atoms with Crippen molar-refractivity contribution in [3.05, 3.63) is 88.0 Å². The Labute approximate surface area is 175 Å². The van der Waals surface area contributed by atoms with Crippen LogP contribution in [0.5, 0.6) is 0 Å². The van der Waals surface area contributed by atoms with E-state index >= 15 is 0 Å². The number of halogens is 2. The number of aliphatic carboxylic acids is 1. The number of fused-ring (bicyclic) bond motifs is 1. The SMILES string of the molecule is Cc1ccc(NC(=O)c2cnn3c2NC(C(=O)O)=C[C@H]3c2ccccc2F)cc1Cl. The zero-order valence-corrected chi connectivity index (χ0v) is 16.4. The van der Waals surface area contributed by atoms with Crippen molar-refractivity contribution in [2.24, 2.45) is 0 Å². The largest absolute Gasteiger partial charge is 0.477 e. The average Bonchev–Trinajstić information content (AvgIpc) is 3.15. The van der Waals surface area contributed by atoms with E-state index in [1.165, 1.54) is 29.1 Å². The Hall–Kier alpha value is -3.65. The van der Waals surface area contributed by atoms with Crippen molar-refractivity contribution in [1.29, 1.82) is 0 Å². The van der Waals surface area contributed by atoms with Gasteiger partial charge in [-0.3, -0.25) is 4.79 Å². The van der Waals surface area contributed by atoms with Gasteiger partial charge in [-0.2, -0.15) is 5.10 Å². The summed E-state index contributed by atoms with van der Waals surface area (Å²) < 4.78 is 15.8. The van der Waals surface area contributed by atoms with E-state index < -0.39 is 23.7 Å². The highest BCUT2D eigenvalue weighted by molar-refractivity contribution is 6.31. The number of anilines is 2. The van der Waals surface area contributed by atoms with Gasteiger partial charge >= 0.3 is 5.97 Å². The summed E-state index contributed by atoms with van der Waals surface area (Å²) in [6.45, 7) is 1.84. The minimum absolute atomic E-state index is 0.111. The summed E-state index contributed by atoms with van der Waals surface area (Å²) in [5, 5.41) is 19.6. The van der Waals surface area contributed by atoms with E-state index in [-0.39, 0.29) is 22.6 Å². The fourth-order valence-corrected chi connectivity index (χ4v) is 3.37. The molecule has 2 aromatic carbocycles. The Morgan fingerprint density at radius 3 is 2.73 bits per heavy atom. The van der Waals surface area contributed by atoms with E-state index in [1.54, 1.807) is 30.3 Å². The molecule has 1 atom stereocenters. The van der Waals surface area contributed by atoms with E-state index in [1.807, 2.05) is 6.92 Å². The van der Waals surface area contributed by atoms with Gasteiger partial charge in [0.15, 0.2) is 0 Å². The van der Waals surface area contributed by atoms with Crippen LogP contribution in [-0.4, -0.2) is 26.8 Å². The molecule has 0 saturated heterocycles. The first-order valence-corrected chi connectivity index (χ1v) is 9.34. The molecule has 0 saturated carbocycles. The Kier molecular flexibility index (Phi) is 5.01. The van der Waals surface area contributed by atoms with Gasteiger partial charge in [-0.25, -0.2) is 13.9 Å². The highest BCUT2D eigenvalue weighted by Crippen LogP contribution is 2.33. The van der Waals surface area contributed by atoms with Crippen LogP contribution < -0.4 is 10.6 Å². The predicted molar refractivity (Wildman–Crippen MR) is 110 cm³/mol. The molecular formula is C21H16ClFN4O3. The van der Waals surface area contributed by atoms with Gasteiger partial charge in [0.2, 0.25) is 0 Å². The second-order valence-electron chi connectivity index (χ2n) is 6.75. The first-order valence-electron chi connectivity index (χ1n) is 8.96. The second kappa shape index (κ2) is 7.64. The maximum Gasteiger partial charge on any atom is 0.352 e. The number of hydrogen-bond donors (Lipinski definition) is 3. The molecule has 9 heteroatoms. The average molecular weight is 427 g/mol. The van der Waals surface area contributed by atoms with Gasteiger partial charge in [-0.05, 0) is 36.8 Å². The summed E-state index contributed by atoms with van der Waals surface area (Å²) in [7, 11) is 0. The zero-order chi connectivity index (χ0) is 21.4. The lowest BCUT2D eigenvalue weighted by molar-refractivity contribution is -0.132. The van der Waals surface area contributed by atoms with Crippen LogP contribution in [0.4, 0.5) is 15.9 Å². The number of carboxylic acids is 1. The van der Waals surface area contributed by atoms with Crippen LogP contribution in [-0.2, 0) is 4.79 Å². The van der Waals surface area contributed by atoms with Crippen molar-refractivity contribution >= 4 is 35.0 Å². The minimum Gasteiger partial charge on any atom is -0.477 e. The molecule has 152 valence electrons. The van der Waals surface area contributed by atoms with Gasteiger partial charge in [0.05, 0.1) is 6.20 Å². The van der Waals surface area contributed by atoms with Gasteiger partial charge in [0.25, 0.3) is 5.91 Å². The number of aromatic nitrogens is 2. The van der Waals surface area contributed by atoms with Gasteiger partial charge in [-0.1, -0.05) is 35.9 Å². The number of allylic oxidation sites excluding steroid dienone is 1. The normalized spacial score (nSPS) is 15.0. The summed E-state index contributed by atoms with van der Waals surface area (Å²) in [6.07, 6.45) is 2.65. The fraction of sp³-hybridized carbons (Fsp3) is 0.0952. The summed E-state index contributed by atoms with van der Waals surface area (Å²) in [5.41, 5.74) is 1.51. The summed E-state index contributed by atoms with van der Waals surface area (Å²) in [5.74, 6) is -2.10. The van der Waals surface area contributed by atoms with Crippen LogP contribution >= 0.6 is 11.6 Å². The van der Waals surface area contributed by atoms with E-state index in [9.17, 15) is 19.1 Å². The summed E-state index contributed by atoms with van der Waals surface area (Å²) in [4.78, 5) is 24.5. The number of amides is 1. The van der Waals surface area contributed by atoms with E-state index in [0.717, 1.165) is 5.56 Å². The van der Waals surface area contributed by atoms with Crippen LogP contribution in [0, 0.1) is 12.7 Å². The monoisotopic (exact) mass is 426 g/mol. The number of nitrogens with one attached hydrogen (secondary N) is 2. The molecule has 7 nitrogen and oxygen atoms in total. The Bertz CT molecular complexity index is 1200. The lowest BCUT2D eigenvalue weighted by Crippen LogP contribution is -2.26. The molecule has 0 radical (unpaired) electrons. The zero-order valence-electron chi connectivity index (χ0n) is 15.7. The maximum absolute atomic E-state index is 14.4. The van der Waals surface area contributed by atoms with Crippen molar-refractivity contribution < 1.29 is 19.1 Å². The molecule has 30 heavy (non-hydrogen) atoms. The highest BCUT2D eigenvalue weighted by Gasteiger charge is 2.30. The van der Waals surface area contributed by atoms with Crippen LogP contribution in [0.15, 0.2) is 60.4 Å². The number of nitrogens with zero attached hydrogens (tertiary/aromatic N) is 2.